The lowest BCUT2D eigenvalue weighted by Gasteiger charge is -2.12. The molecule has 0 radical (unpaired) electrons. The van der Waals surface area contributed by atoms with Crippen molar-refractivity contribution in [3.63, 3.8) is 0 Å². The number of aromatic nitrogens is 6. The molecule has 2 aromatic rings. The standard InChI is InChI=1S/C13H19N7S/c1-2-5-10-11(14)15-8-16-12(10)21-13-17-18-19-20(13)9-6-3-4-7-9/h8-9H,2-7H2,1H3,(H2,14,15,16). The van der Waals surface area contributed by atoms with E-state index < -0.39 is 0 Å². The molecule has 112 valence electrons. The van der Waals surface area contributed by atoms with Crippen molar-refractivity contribution >= 4 is 17.6 Å². The Kier molecular flexibility index (Phi) is 4.33. The minimum Gasteiger partial charge on any atom is -0.383 e. The van der Waals surface area contributed by atoms with Gasteiger partial charge >= 0.3 is 0 Å². The van der Waals surface area contributed by atoms with Crippen molar-refractivity contribution in [3.05, 3.63) is 11.9 Å². The van der Waals surface area contributed by atoms with E-state index in [1.54, 1.807) is 0 Å². The Morgan fingerprint density at radius 2 is 2.14 bits per heavy atom. The van der Waals surface area contributed by atoms with E-state index >= 15 is 0 Å². The number of nitrogens with zero attached hydrogens (tertiary/aromatic N) is 6. The van der Waals surface area contributed by atoms with E-state index in [9.17, 15) is 0 Å². The summed E-state index contributed by atoms with van der Waals surface area (Å²) in [6, 6.07) is 0.413. The number of tetrazole rings is 1. The van der Waals surface area contributed by atoms with Gasteiger partial charge in [-0.15, -0.1) is 5.10 Å². The van der Waals surface area contributed by atoms with E-state index in [0.717, 1.165) is 41.4 Å². The molecule has 8 heteroatoms. The van der Waals surface area contributed by atoms with Crippen molar-refractivity contribution in [1.29, 1.82) is 0 Å². The zero-order chi connectivity index (χ0) is 14.7. The monoisotopic (exact) mass is 305 g/mol. The fraction of sp³-hybridized carbons (Fsp3) is 0.615. The first-order valence-corrected chi connectivity index (χ1v) is 8.16. The molecule has 0 atom stereocenters. The summed E-state index contributed by atoms with van der Waals surface area (Å²) in [5.41, 5.74) is 6.97. The van der Waals surface area contributed by atoms with Gasteiger partial charge in [-0.3, -0.25) is 0 Å². The van der Waals surface area contributed by atoms with E-state index in [1.807, 2.05) is 4.68 Å². The van der Waals surface area contributed by atoms with E-state index in [0.29, 0.717) is 11.9 Å². The van der Waals surface area contributed by atoms with Gasteiger partial charge in [-0.2, -0.15) is 0 Å². The molecule has 1 aliphatic rings. The van der Waals surface area contributed by atoms with Crippen LogP contribution in [0, 0.1) is 0 Å². The molecule has 2 aromatic heterocycles. The summed E-state index contributed by atoms with van der Waals surface area (Å²) >= 11 is 1.48. The second-order valence-corrected chi connectivity index (χ2v) is 6.19. The van der Waals surface area contributed by atoms with Crippen LogP contribution in [0.5, 0.6) is 0 Å². The highest BCUT2D eigenvalue weighted by atomic mass is 32.2. The van der Waals surface area contributed by atoms with Gasteiger partial charge in [-0.1, -0.05) is 26.2 Å². The molecular formula is C13H19N7S. The summed E-state index contributed by atoms with van der Waals surface area (Å²) in [5.74, 6) is 0.550. The number of anilines is 1. The molecule has 0 amide bonds. The van der Waals surface area contributed by atoms with E-state index in [1.165, 1.54) is 30.9 Å². The average molecular weight is 305 g/mol. The van der Waals surface area contributed by atoms with Crippen LogP contribution in [0.3, 0.4) is 0 Å². The predicted molar refractivity (Wildman–Crippen MR) is 79.9 cm³/mol. The van der Waals surface area contributed by atoms with Gasteiger partial charge in [0.25, 0.3) is 0 Å². The van der Waals surface area contributed by atoms with E-state index in [-0.39, 0.29) is 0 Å². The van der Waals surface area contributed by atoms with E-state index in [4.69, 9.17) is 5.73 Å². The Morgan fingerprint density at radius 1 is 1.33 bits per heavy atom. The minimum absolute atomic E-state index is 0.413. The maximum absolute atomic E-state index is 5.97. The van der Waals surface area contributed by atoms with Crippen LogP contribution in [0.25, 0.3) is 0 Å². The van der Waals surface area contributed by atoms with E-state index in [2.05, 4.69) is 32.4 Å². The number of rotatable bonds is 5. The third-order valence-corrected chi connectivity index (χ3v) is 4.76. The summed E-state index contributed by atoms with van der Waals surface area (Å²) in [6.45, 7) is 2.11. The molecule has 1 aliphatic carbocycles. The van der Waals surface area contributed by atoms with Gasteiger partial charge in [-0.05, 0) is 41.5 Å². The zero-order valence-corrected chi connectivity index (χ0v) is 12.9. The smallest absolute Gasteiger partial charge is 0.215 e. The summed E-state index contributed by atoms with van der Waals surface area (Å²) in [4.78, 5) is 8.45. The second kappa shape index (κ2) is 6.38. The molecule has 2 heterocycles. The molecule has 0 unspecified atom stereocenters. The Labute approximate surface area is 127 Å². The highest BCUT2D eigenvalue weighted by Gasteiger charge is 2.23. The molecule has 0 bridgehead atoms. The van der Waals surface area contributed by atoms with Crippen LogP contribution in [0.1, 0.15) is 50.6 Å². The number of nitrogens with two attached hydrogens (primary N) is 1. The topological polar surface area (TPSA) is 95.4 Å². The van der Waals surface area contributed by atoms with Gasteiger partial charge in [0.2, 0.25) is 5.16 Å². The zero-order valence-electron chi connectivity index (χ0n) is 12.1. The summed E-state index contributed by atoms with van der Waals surface area (Å²) < 4.78 is 1.94. The van der Waals surface area contributed by atoms with Crippen LogP contribution in [0.4, 0.5) is 5.82 Å². The molecule has 2 N–H and O–H groups in total. The Hall–Kier alpha value is -1.70. The first-order valence-electron chi connectivity index (χ1n) is 7.34. The first kappa shape index (κ1) is 14.2. The molecule has 7 nitrogen and oxygen atoms in total. The molecule has 0 aliphatic heterocycles. The van der Waals surface area contributed by atoms with Gasteiger partial charge in [0.15, 0.2) is 0 Å². The number of hydrogen-bond donors (Lipinski definition) is 1. The molecule has 3 rings (SSSR count). The maximum Gasteiger partial charge on any atom is 0.215 e. The number of nitrogen functional groups attached to an aromatic ring is 1. The summed E-state index contributed by atoms with van der Waals surface area (Å²) in [6.07, 6.45) is 8.14. The fourth-order valence-corrected chi connectivity index (χ4v) is 3.66. The van der Waals surface area contributed by atoms with Crippen molar-refractivity contribution < 1.29 is 0 Å². The third-order valence-electron chi connectivity index (χ3n) is 3.76. The van der Waals surface area contributed by atoms with Crippen LogP contribution in [0.2, 0.25) is 0 Å². The summed E-state index contributed by atoms with van der Waals surface area (Å²) in [7, 11) is 0. The largest absolute Gasteiger partial charge is 0.383 e. The molecule has 1 fully saturated rings. The average Bonchev–Trinajstić information content (AvgIpc) is 3.13. The first-order chi connectivity index (χ1) is 10.3. The van der Waals surface area contributed by atoms with Crippen LogP contribution in [-0.4, -0.2) is 30.2 Å². The Bertz CT molecular complexity index is 606. The fourth-order valence-electron chi connectivity index (χ4n) is 2.70. The quantitative estimate of drug-likeness (QED) is 0.846. The van der Waals surface area contributed by atoms with Crippen LogP contribution >= 0.6 is 11.8 Å². The van der Waals surface area contributed by atoms with Crippen molar-refractivity contribution in [2.75, 3.05) is 5.73 Å². The van der Waals surface area contributed by atoms with Crippen LogP contribution in [0.15, 0.2) is 16.5 Å². The molecule has 1 saturated carbocycles. The Morgan fingerprint density at radius 3 is 2.90 bits per heavy atom. The Balaban J connectivity index is 1.87. The molecule has 0 spiro atoms. The highest BCUT2D eigenvalue weighted by molar-refractivity contribution is 7.99. The normalized spacial score (nSPS) is 15.7. The van der Waals surface area contributed by atoms with Crippen molar-refractivity contribution in [2.45, 2.75) is 61.7 Å². The SMILES string of the molecule is CCCc1c(N)ncnc1Sc1nnnn1C1CCCC1. The molecule has 0 saturated heterocycles. The van der Waals surface area contributed by atoms with Crippen molar-refractivity contribution in [3.8, 4) is 0 Å². The van der Waals surface area contributed by atoms with Crippen LogP contribution in [-0.2, 0) is 6.42 Å². The van der Waals surface area contributed by atoms with Gasteiger partial charge in [-0.25, -0.2) is 14.6 Å². The van der Waals surface area contributed by atoms with Crippen LogP contribution < -0.4 is 5.73 Å². The lowest BCUT2D eigenvalue weighted by molar-refractivity contribution is 0.423. The predicted octanol–water partition coefficient (Wildman–Crippen LogP) is 2.26. The lowest BCUT2D eigenvalue weighted by Crippen LogP contribution is -2.09. The van der Waals surface area contributed by atoms with Gasteiger partial charge in [0, 0.05) is 5.56 Å². The third kappa shape index (κ3) is 2.99. The second-order valence-electron chi connectivity index (χ2n) is 5.24. The molecular weight excluding hydrogens is 286 g/mol. The molecule has 0 aromatic carbocycles. The summed E-state index contributed by atoms with van der Waals surface area (Å²) in [5, 5.41) is 13.8. The minimum atomic E-state index is 0.413. The molecule has 21 heavy (non-hydrogen) atoms. The lowest BCUT2D eigenvalue weighted by atomic mass is 10.2. The van der Waals surface area contributed by atoms with Gasteiger partial charge < -0.3 is 5.73 Å². The van der Waals surface area contributed by atoms with Crippen molar-refractivity contribution in [1.82, 2.24) is 30.2 Å². The van der Waals surface area contributed by atoms with Crippen molar-refractivity contribution in [2.24, 2.45) is 0 Å². The van der Waals surface area contributed by atoms with Gasteiger partial charge in [0.05, 0.1) is 6.04 Å². The number of hydrogen-bond acceptors (Lipinski definition) is 7. The highest BCUT2D eigenvalue weighted by Crippen LogP contribution is 2.35. The maximum atomic E-state index is 5.97. The van der Waals surface area contributed by atoms with Gasteiger partial charge in [0.1, 0.15) is 17.2 Å².